The van der Waals surface area contributed by atoms with Crippen LogP contribution in [0.15, 0.2) is 0 Å². The van der Waals surface area contributed by atoms with E-state index in [2.05, 4.69) is 13.8 Å². The molecule has 0 unspecified atom stereocenters. The van der Waals surface area contributed by atoms with Crippen LogP contribution in [-0.2, 0) is 0 Å². The molecule has 0 spiro atoms. The normalized spacial score (nSPS) is 34.3. The second kappa shape index (κ2) is 2.30. The van der Waals surface area contributed by atoms with Gasteiger partial charge in [0.25, 0.3) is 0 Å². The van der Waals surface area contributed by atoms with Crippen LogP contribution in [0.1, 0.15) is 39.5 Å². The molecule has 1 aliphatic rings. The summed E-state index contributed by atoms with van der Waals surface area (Å²) < 4.78 is 0. The van der Waals surface area contributed by atoms with Gasteiger partial charge in [-0.1, -0.05) is 20.3 Å². The fourth-order valence-corrected chi connectivity index (χ4v) is 1.76. The molecule has 0 bridgehead atoms. The molecule has 1 fully saturated rings. The van der Waals surface area contributed by atoms with Crippen molar-refractivity contribution in [1.82, 2.24) is 0 Å². The molecular formula is C8H17N. The monoisotopic (exact) mass is 127 g/mol. The first-order chi connectivity index (χ1) is 4.10. The summed E-state index contributed by atoms with van der Waals surface area (Å²) >= 11 is 0. The Hall–Kier alpha value is -0.0400. The molecule has 1 saturated carbocycles. The smallest absolute Gasteiger partial charge is 0.00439 e. The first-order valence-electron chi connectivity index (χ1n) is 3.86. The summed E-state index contributed by atoms with van der Waals surface area (Å²) in [5.74, 6) is 0. The van der Waals surface area contributed by atoms with Gasteiger partial charge in [-0.05, 0) is 24.7 Å². The Kier molecular flexibility index (Phi) is 1.80. The Morgan fingerprint density at radius 1 is 1.44 bits per heavy atom. The van der Waals surface area contributed by atoms with Crippen molar-refractivity contribution in [2.75, 3.05) is 0 Å². The van der Waals surface area contributed by atoms with E-state index in [0.717, 1.165) is 0 Å². The van der Waals surface area contributed by atoms with Crippen LogP contribution in [0.3, 0.4) is 0 Å². The maximum Gasteiger partial charge on any atom is 0.00439 e. The third-order valence-electron chi connectivity index (χ3n) is 2.24. The third kappa shape index (κ3) is 1.98. The van der Waals surface area contributed by atoms with Crippen LogP contribution in [0, 0.1) is 5.41 Å². The predicted molar refractivity (Wildman–Crippen MR) is 40.2 cm³/mol. The zero-order valence-electron chi connectivity index (χ0n) is 6.48. The second-order valence-electron chi connectivity index (χ2n) is 4.02. The zero-order chi connectivity index (χ0) is 6.91. The van der Waals surface area contributed by atoms with Gasteiger partial charge in [0, 0.05) is 6.04 Å². The quantitative estimate of drug-likeness (QED) is 0.528. The Morgan fingerprint density at radius 3 is 2.44 bits per heavy atom. The van der Waals surface area contributed by atoms with Crippen molar-refractivity contribution in [3.8, 4) is 0 Å². The highest BCUT2D eigenvalue weighted by Gasteiger charge is 2.25. The van der Waals surface area contributed by atoms with Crippen molar-refractivity contribution < 1.29 is 0 Å². The van der Waals surface area contributed by atoms with Gasteiger partial charge in [-0.2, -0.15) is 0 Å². The number of nitrogens with two attached hydrogens (primary N) is 1. The zero-order valence-corrected chi connectivity index (χ0v) is 6.48. The van der Waals surface area contributed by atoms with E-state index in [1.54, 1.807) is 0 Å². The van der Waals surface area contributed by atoms with E-state index in [-0.39, 0.29) is 0 Å². The van der Waals surface area contributed by atoms with E-state index in [4.69, 9.17) is 5.73 Å². The van der Waals surface area contributed by atoms with Crippen LogP contribution < -0.4 is 5.73 Å². The Labute approximate surface area is 57.6 Å². The van der Waals surface area contributed by atoms with Crippen molar-refractivity contribution >= 4 is 0 Å². The topological polar surface area (TPSA) is 26.0 Å². The van der Waals surface area contributed by atoms with E-state index in [1.165, 1.54) is 25.7 Å². The summed E-state index contributed by atoms with van der Waals surface area (Å²) in [4.78, 5) is 0. The van der Waals surface area contributed by atoms with E-state index in [1.807, 2.05) is 0 Å². The molecular weight excluding hydrogens is 110 g/mol. The first-order valence-corrected chi connectivity index (χ1v) is 3.86. The molecule has 9 heavy (non-hydrogen) atoms. The molecule has 0 aromatic rings. The minimum absolute atomic E-state index is 0.480. The van der Waals surface area contributed by atoms with Gasteiger partial charge in [0.05, 0.1) is 0 Å². The standard InChI is InChI=1S/C8H17N/c1-8(2)5-3-4-7(9)6-8/h7H,3-6,9H2,1-2H3/t7-/m1/s1. The first kappa shape index (κ1) is 7.07. The van der Waals surface area contributed by atoms with Crippen molar-refractivity contribution in [2.24, 2.45) is 11.1 Å². The summed E-state index contributed by atoms with van der Waals surface area (Å²) in [6.45, 7) is 4.62. The van der Waals surface area contributed by atoms with Crippen LogP contribution in [0.25, 0.3) is 0 Å². The average molecular weight is 127 g/mol. The maximum atomic E-state index is 5.81. The lowest BCUT2D eigenvalue weighted by Gasteiger charge is -2.33. The number of hydrogen-bond acceptors (Lipinski definition) is 1. The third-order valence-corrected chi connectivity index (χ3v) is 2.24. The van der Waals surface area contributed by atoms with Gasteiger partial charge in [0.2, 0.25) is 0 Å². The van der Waals surface area contributed by atoms with Gasteiger partial charge >= 0.3 is 0 Å². The lowest BCUT2D eigenvalue weighted by molar-refractivity contribution is 0.221. The molecule has 54 valence electrons. The predicted octanol–water partition coefficient (Wildman–Crippen LogP) is 1.91. The van der Waals surface area contributed by atoms with E-state index < -0.39 is 0 Å². The van der Waals surface area contributed by atoms with Gasteiger partial charge in [-0.15, -0.1) is 0 Å². The molecule has 2 N–H and O–H groups in total. The fourth-order valence-electron chi connectivity index (χ4n) is 1.76. The van der Waals surface area contributed by atoms with Gasteiger partial charge in [0.1, 0.15) is 0 Å². The molecule has 1 heteroatoms. The molecule has 1 aliphatic carbocycles. The molecule has 0 amide bonds. The minimum atomic E-state index is 0.480. The van der Waals surface area contributed by atoms with E-state index in [9.17, 15) is 0 Å². The molecule has 1 rings (SSSR count). The molecule has 0 radical (unpaired) electrons. The molecule has 0 heterocycles. The van der Waals surface area contributed by atoms with Crippen LogP contribution in [0.4, 0.5) is 0 Å². The highest BCUT2D eigenvalue weighted by molar-refractivity contribution is 4.80. The number of rotatable bonds is 0. The molecule has 1 atom stereocenters. The van der Waals surface area contributed by atoms with Crippen molar-refractivity contribution in [3.05, 3.63) is 0 Å². The Balaban J connectivity index is 2.41. The average Bonchev–Trinajstić information content (AvgIpc) is 1.60. The summed E-state index contributed by atoms with van der Waals surface area (Å²) in [5.41, 5.74) is 6.34. The van der Waals surface area contributed by atoms with Crippen molar-refractivity contribution in [2.45, 2.75) is 45.6 Å². The summed E-state index contributed by atoms with van der Waals surface area (Å²) in [6.07, 6.45) is 5.14. The Bertz CT molecular complexity index is 96.7. The Morgan fingerprint density at radius 2 is 2.11 bits per heavy atom. The molecule has 0 aromatic carbocycles. The summed E-state index contributed by atoms with van der Waals surface area (Å²) in [6, 6.07) is 0.480. The van der Waals surface area contributed by atoms with Crippen LogP contribution in [0.5, 0.6) is 0 Å². The van der Waals surface area contributed by atoms with Crippen molar-refractivity contribution in [3.63, 3.8) is 0 Å². The maximum absolute atomic E-state index is 5.81. The minimum Gasteiger partial charge on any atom is -0.328 e. The molecule has 0 aromatic heterocycles. The molecule has 0 aliphatic heterocycles. The molecule has 1 nitrogen and oxygen atoms in total. The number of hydrogen-bond donors (Lipinski definition) is 1. The van der Waals surface area contributed by atoms with Gasteiger partial charge in [0.15, 0.2) is 0 Å². The molecule has 0 saturated heterocycles. The lowest BCUT2D eigenvalue weighted by Crippen LogP contribution is -2.32. The largest absolute Gasteiger partial charge is 0.328 e. The van der Waals surface area contributed by atoms with Crippen molar-refractivity contribution in [1.29, 1.82) is 0 Å². The fraction of sp³-hybridized carbons (Fsp3) is 1.00. The van der Waals surface area contributed by atoms with Crippen LogP contribution >= 0.6 is 0 Å². The van der Waals surface area contributed by atoms with Crippen LogP contribution in [0.2, 0.25) is 0 Å². The van der Waals surface area contributed by atoms with E-state index in [0.29, 0.717) is 11.5 Å². The SMILES string of the molecule is CC1(C)CCC[C@@H](N)C1. The highest BCUT2D eigenvalue weighted by atomic mass is 14.6. The van der Waals surface area contributed by atoms with E-state index >= 15 is 0 Å². The lowest BCUT2D eigenvalue weighted by atomic mass is 9.75. The highest BCUT2D eigenvalue weighted by Crippen LogP contribution is 2.33. The van der Waals surface area contributed by atoms with Gasteiger partial charge in [-0.3, -0.25) is 0 Å². The summed E-state index contributed by atoms with van der Waals surface area (Å²) in [5, 5.41) is 0. The van der Waals surface area contributed by atoms with Gasteiger partial charge in [-0.25, -0.2) is 0 Å². The van der Waals surface area contributed by atoms with Gasteiger partial charge < -0.3 is 5.73 Å². The summed E-state index contributed by atoms with van der Waals surface area (Å²) in [7, 11) is 0. The second-order valence-corrected chi connectivity index (χ2v) is 4.02. The van der Waals surface area contributed by atoms with Crippen LogP contribution in [-0.4, -0.2) is 6.04 Å².